The Balaban J connectivity index is 4.08. The molecule has 0 heterocycles. The molecule has 5 N–H and O–H groups in total. The van der Waals surface area contributed by atoms with Gasteiger partial charge in [-0.3, -0.25) is 4.79 Å². The second-order valence-electron chi connectivity index (χ2n) is 11.1. The summed E-state index contributed by atoms with van der Waals surface area (Å²) in [5.74, 6) is -0.670. The number of rotatable bonds is 28. The molecule has 41 heavy (non-hydrogen) atoms. The van der Waals surface area contributed by atoms with Crippen LogP contribution in [0.4, 0.5) is 0 Å². The lowest BCUT2D eigenvalue weighted by atomic mass is 10.0. The van der Waals surface area contributed by atoms with Gasteiger partial charge in [0.25, 0.3) is 0 Å². The summed E-state index contributed by atoms with van der Waals surface area (Å²) in [6, 6.07) is -1.04. The molecule has 0 aromatic heterocycles. The number of allylic oxidation sites excluding steroid dienone is 7. The van der Waals surface area contributed by atoms with E-state index in [0.29, 0.717) is 12.8 Å². The van der Waals surface area contributed by atoms with Gasteiger partial charge in [-0.2, -0.15) is 0 Å². The van der Waals surface area contributed by atoms with Gasteiger partial charge in [0.05, 0.1) is 18.8 Å². The van der Waals surface area contributed by atoms with Gasteiger partial charge >= 0.3 is 0 Å². The zero-order valence-corrected chi connectivity index (χ0v) is 26.3. The Morgan fingerprint density at radius 3 is 1.73 bits per heavy atom. The SMILES string of the molecule is CCCCCC/C=C/CC/C=C/CCCC(O)C(O)C(CO)NC(=O)C(O)C/C=C\C/C=C\CCCCCCCC. The second-order valence-corrected chi connectivity index (χ2v) is 11.1. The van der Waals surface area contributed by atoms with E-state index in [1.807, 2.05) is 6.08 Å². The van der Waals surface area contributed by atoms with Crippen LogP contribution in [0.25, 0.3) is 0 Å². The van der Waals surface area contributed by atoms with E-state index in [2.05, 4.69) is 55.6 Å². The maximum absolute atomic E-state index is 12.3. The van der Waals surface area contributed by atoms with Crippen molar-refractivity contribution in [1.82, 2.24) is 5.32 Å². The molecule has 1 amide bonds. The number of carbonyl (C=O) groups is 1. The molecule has 4 atom stereocenters. The molecule has 0 saturated heterocycles. The average molecular weight is 578 g/mol. The van der Waals surface area contributed by atoms with Crippen molar-refractivity contribution in [3.63, 3.8) is 0 Å². The predicted molar refractivity (Wildman–Crippen MR) is 173 cm³/mol. The van der Waals surface area contributed by atoms with Crippen LogP contribution in [-0.4, -0.2) is 57.3 Å². The highest BCUT2D eigenvalue weighted by molar-refractivity contribution is 5.81. The fourth-order valence-corrected chi connectivity index (χ4v) is 4.52. The molecule has 6 heteroatoms. The molecule has 6 nitrogen and oxygen atoms in total. The predicted octanol–water partition coefficient (Wildman–Crippen LogP) is 7.22. The maximum atomic E-state index is 12.3. The minimum absolute atomic E-state index is 0.148. The number of carbonyl (C=O) groups excluding carboxylic acids is 1. The van der Waals surface area contributed by atoms with E-state index in [9.17, 15) is 25.2 Å². The topological polar surface area (TPSA) is 110 Å². The van der Waals surface area contributed by atoms with Gasteiger partial charge in [0, 0.05) is 6.42 Å². The van der Waals surface area contributed by atoms with Gasteiger partial charge in [-0.15, -0.1) is 0 Å². The Kier molecular flexibility index (Phi) is 28.5. The summed E-state index contributed by atoms with van der Waals surface area (Å²) in [6.45, 7) is 3.92. The minimum Gasteiger partial charge on any atom is -0.394 e. The van der Waals surface area contributed by atoms with Crippen LogP contribution in [0.15, 0.2) is 48.6 Å². The van der Waals surface area contributed by atoms with Crippen molar-refractivity contribution in [2.24, 2.45) is 0 Å². The Bertz CT molecular complexity index is 703. The third kappa shape index (κ3) is 24.6. The lowest BCUT2D eigenvalue weighted by Crippen LogP contribution is -2.52. The van der Waals surface area contributed by atoms with E-state index < -0.39 is 36.9 Å². The first-order valence-corrected chi connectivity index (χ1v) is 16.5. The van der Waals surface area contributed by atoms with Gasteiger partial charge in [0.15, 0.2) is 0 Å². The molecule has 0 bridgehead atoms. The molecule has 0 spiro atoms. The molecule has 238 valence electrons. The van der Waals surface area contributed by atoms with Crippen molar-refractivity contribution in [2.45, 2.75) is 160 Å². The number of hydrogen-bond acceptors (Lipinski definition) is 5. The molecule has 0 fully saturated rings. The monoisotopic (exact) mass is 577 g/mol. The number of aliphatic hydroxyl groups excluding tert-OH is 4. The lowest BCUT2D eigenvalue weighted by molar-refractivity contribution is -0.132. The van der Waals surface area contributed by atoms with Crippen LogP contribution in [-0.2, 0) is 4.79 Å². The van der Waals surface area contributed by atoms with Crippen LogP contribution < -0.4 is 5.32 Å². The summed E-state index contributed by atoms with van der Waals surface area (Å²) < 4.78 is 0. The van der Waals surface area contributed by atoms with E-state index in [4.69, 9.17) is 0 Å². The van der Waals surface area contributed by atoms with Gasteiger partial charge in [-0.25, -0.2) is 0 Å². The zero-order valence-electron chi connectivity index (χ0n) is 26.3. The molecule has 0 saturated carbocycles. The third-order valence-electron chi connectivity index (χ3n) is 7.25. The molecular formula is C35H63NO5. The normalized spacial score (nSPS) is 15.4. The van der Waals surface area contributed by atoms with Crippen molar-refractivity contribution in [3.05, 3.63) is 48.6 Å². The number of nitrogens with one attached hydrogen (secondary N) is 1. The van der Waals surface area contributed by atoms with Crippen molar-refractivity contribution in [1.29, 1.82) is 0 Å². The van der Waals surface area contributed by atoms with Crippen molar-refractivity contribution >= 4 is 5.91 Å². The minimum atomic E-state index is -1.31. The molecule has 0 rings (SSSR count). The zero-order chi connectivity index (χ0) is 30.4. The van der Waals surface area contributed by atoms with Gasteiger partial charge in [-0.1, -0.05) is 114 Å². The molecule has 0 aliphatic rings. The molecule has 0 aliphatic carbocycles. The standard InChI is InChI=1S/C35H63NO5/c1-3-5-7-9-11-13-15-17-19-20-22-24-26-28-32(38)34(40)31(30-37)36-35(41)33(39)29-27-25-23-21-18-16-14-12-10-8-6-4-2/h13,15,18,20-22,25,27,31-34,37-40H,3-12,14,16-17,19,23-24,26,28-30H2,1-2H3,(H,36,41)/b15-13+,21-18-,22-20+,27-25-. The third-order valence-corrected chi connectivity index (χ3v) is 7.25. The number of amides is 1. The summed E-state index contributed by atoms with van der Waals surface area (Å²) in [5, 5.41) is 43.1. The highest BCUT2D eigenvalue weighted by Crippen LogP contribution is 2.11. The Morgan fingerprint density at radius 1 is 0.634 bits per heavy atom. The first kappa shape index (κ1) is 39.3. The Labute approximate surface area is 251 Å². The smallest absolute Gasteiger partial charge is 0.249 e. The largest absolute Gasteiger partial charge is 0.394 e. The second kappa shape index (κ2) is 29.8. The highest BCUT2D eigenvalue weighted by Gasteiger charge is 2.28. The highest BCUT2D eigenvalue weighted by atomic mass is 16.3. The van der Waals surface area contributed by atoms with Gasteiger partial charge in [-0.05, 0) is 64.2 Å². The molecule has 4 unspecified atom stereocenters. The van der Waals surface area contributed by atoms with E-state index in [1.165, 1.54) is 64.2 Å². The van der Waals surface area contributed by atoms with Gasteiger partial charge in [0.1, 0.15) is 12.2 Å². The molecular weight excluding hydrogens is 514 g/mol. The summed E-state index contributed by atoms with van der Waals surface area (Å²) in [7, 11) is 0. The van der Waals surface area contributed by atoms with Crippen LogP contribution in [0, 0.1) is 0 Å². The first-order chi connectivity index (χ1) is 20.0. The first-order valence-electron chi connectivity index (χ1n) is 16.5. The number of unbranched alkanes of at least 4 members (excludes halogenated alkanes) is 12. The molecule has 0 aromatic carbocycles. The summed E-state index contributed by atoms with van der Waals surface area (Å²) in [4.78, 5) is 12.3. The van der Waals surface area contributed by atoms with Crippen LogP contribution in [0.2, 0.25) is 0 Å². The van der Waals surface area contributed by atoms with Crippen molar-refractivity contribution < 1.29 is 25.2 Å². The van der Waals surface area contributed by atoms with Crippen molar-refractivity contribution in [2.75, 3.05) is 6.61 Å². The number of hydrogen-bond donors (Lipinski definition) is 5. The van der Waals surface area contributed by atoms with Crippen LogP contribution in [0.5, 0.6) is 0 Å². The van der Waals surface area contributed by atoms with E-state index >= 15 is 0 Å². The summed E-state index contributed by atoms with van der Waals surface area (Å²) in [5.41, 5.74) is 0. The van der Waals surface area contributed by atoms with E-state index in [0.717, 1.165) is 38.5 Å². The summed E-state index contributed by atoms with van der Waals surface area (Å²) >= 11 is 0. The maximum Gasteiger partial charge on any atom is 0.249 e. The van der Waals surface area contributed by atoms with Gasteiger partial charge in [0.2, 0.25) is 5.91 Å². The van der Waals surface area contributed by atoms with Crippen LogP contribution in [0.1, 0.15) is 136 Å². The van der Waals surface area contributed by atoms with E-state index in [1.54, 1.807) is 6.08 Å². The van der Waals surface area contributed by atoms with Crippen LogP contribution >= 0.6 is 0 Å². The Morgan fingerprint density at radius 2 is 1.12 bits per heavy atom. The average Bonchev–Trinajstić information content (AvgIpc) is 2.98. The molecule has 0 aliphatic heterocycles. The number of aliphatic hydroxyl groups is 4. The molecule has 0 radical (unpaired) electrons. The van der Waals surface area contributed by atoms with E-state index in [-0.39, 0.29) is 6.42 Å². The van der Waals surface area contributed by atoms with Crippen molar-refractivity contribution in [3.8, 4) is 0 Å². The molecule has 0 aromatic rings. The van der Waals surface area contributed by atoms with Crippen LogP contribution in [0.3, 0.4) is 0 Å². The summed E-state index contributed by atoms with van der Waals surface area (Å²) in [6.07, 6.45) is 32.9. The fraction of sp³-hybridized carbons (Fsp3) is 0.743. The quantitative estimate of drug-likeness (QED) is 0.0498. The fourth-order valence-electron chi connectivity index (χ4n) is 4.52. The van der Waals surface area contributed by atoms with Gasteiger partial charge < -0.3 is 25.7 Å². The Hall–Kier alpha value is -1.73. The lowest BCUT2D eigenvalue weighted by Gasteiger charge is -2.27.